The van der Waals surface area contributed by atoms with E-state index in [0.717, 1.165) is 43.7 Å². The number of rotatable bonds is 8. The molecular weight excluding hydrogens is 581 g/mol. The van der Waals surface area contributed by atoms with Gasteiger partial charge in [0.15, 0.2) is 0 Å². The molecule has 45 heavy (non-hydrogen) atoms. The number of carbonyl (C=O) groups excluding carboxylic acids is 2. The molecule has 0 atom stereocenters. The van der Waals surface area contributed by atoms with Gasteiger partial charge in [0, 0.05) is 33.6 Å². The first kappa shape index (κ1) is 29.7. The lowest BCUT2D eigenvalue weighted by molar-refractivity contribution is -0.115. The van der Waals surface area contributed by atoms with Gasteiger partial charge < -0.3 is 10.6 Å². The normalized spacial score (nSPS) is 16.4. The number of nitrogens with one attached hydrogen (secondary N) is 2. The van der Waals surface area contributed by atoms with E-state index in [-0.39, 0.29) is 11.8 Å². The molecule has 2 amide bonds. The Morgan fingerprint density at radius 3 is 1.24 bits per heavy atom. The highest BCUT2D eigenvalue weighted by atomic mass is 32.2. The predicted octanol–water partition coefficient (Wildman–Crippen LogP) is 7.89. The van der Waals surface area contributed by atoms with Crippen molar-refractivity contribution in [1.29, 1.82) is 0 Å². The Balaban J connectivity index is 1.04. The van der Waals surface area contributed by atoms with Crippen LogP contribution in [0.1, 0.15) is 25.0 Å². The van der Waals surface area contributed by atoms with Crippen molar-refractivity contribution in [1.82, 2.24) is 0 Å². The van der Waals surface area contributed by atoms with Crippen molar-refractivity contribution < 1.29 is 9.59 Å². The smallest absolute Gasteiger partial charge is 0.282 e. The zero-order chi connectivity index (χ0) is 31.5. The predicted molar refractivity (Wildman–Crippen MR) is 184 cm³/mol. The molecule has 0 saturated heterocycles. The summed E-state index contributed by atoms with van der Waals surface area (Å²) in [4.78, 5) is 28.1. The molecule has 0 radical (unpaired) electrons. The highest BCUT2D eigenvalue weighted by Gasteiger charge is 2.29. The molecule has 224 valence electrons. The van der Waals surface area contributed by atoms with Gasteiger partial charge in [-0.25, -0.2) is 0 Å². The van der Waals surface area contributed by atoms with Crippen LogP contribution in [-0.4, -0.2) is 23.2 Å². The van der Waals surface area contributed by atoms with Gasteiger partial charge in [-0.1, -0.05) is 47.2 Å². The fraction of sp³-hybridized carbons (Fsp3) is 0.111. The summed E-state index contributed by atoms with van der Waals surface area (Å²) in [6, 6.07) is 31.5. The average molecular weight is 613 g/mol. The van der Waals surface area contributed by atoms with E-state index >= 15 is 0 Å². The number of anilines is 4. The number of aryl methyl sites for hydroxylation is 2. The largest absolute Gasteiger partial charge is 0.361 e. The van der Waals surface area contributed by atoms with E-state index < -0.39 is 0 Å². The molecule has 4 aromatic carbocycles. The standard InChI is InChI=1S/C36H32N6O2S/c1-23-5-13-29(14-6-23)41-35(43)33(25(3)39-41)21-37-27-9-17-31(18-10-27)45-32-19-11-28(12-20-32)38-22-34-26(4)40-42(36(34)44)30-15-7-24(2)8-16-30/h5-22,37-38H,1-4H3. The van der Waals surface area contributed by atoms with Gasteiger partial charge in [0.05, 0.1) is 33.9 Å². The van der Waals surface area contributed by atoms with Gasteiger partial charge in [-0.15, -0.1) is 0 Å². The second-order valence-corrected chi connectivity index (χ2v) is 12.0. The van der Waals surface area contributed by atoms with Crippen LogP contribution in [0.3, 0.4) is 0 Å². The van der Waals surface area contributed by atoms with Crippen LogP contribution in [0.2, 0.25) is 0 Å². The molecule has 9 heteroatoms. The lowest BCUT2D eigenvalue weighted by Gasteiger charge is -2.12. The minimum Gasteiger partial charge on any atom is -0.361 e. The average Bonchev–Trinajstić information content (AvgIpc) is 3.49. The summed E-state index contributed by atoms with van der Waals surface area (Å²) in [7, 11) is 0. The van der Waals surface area contributed by atoms with Crippen molar-refractivity contribution >= 4 is 57.7 Å². The van der Waals surface area contributed by atoms with Crippen LogP contribution in [0.4, 0.5) is 22.7 Å². The number of hydrazone groups is 2. The van der Waals surface area contributed by atoms with Crippen molar-refractivity contribution in [3.05, 3.63) is 132 Å². The van der Waals surface area contributed by atoms with Crippen LogP contribution >= 0.6 is 11.8 Å². The Hall–Kier alpha value is -5.41. The van der Waals surface area contributed by atoms with E-state index in [1.165, 1.54) is 10.0 Å². The van der Waals surface area contributed by atoms with Crippen LogP contribution in [-0.2, 0) is 9.59 Å². The highest BCUT2D eigenvalue weighted by molar-refractivity contribution is 7.99. The molecule has 0 spiro atoms. The van der Waals surface area contributed by atoms with Crippen LogP contribution in [0, 0.1) is 13.8 Å². The van der Waals surface area contributed by atoms with E-state index in [1.54, 1.807) is 24.2 Å². The van der Waals surface area contributed by atoms with Crippen molar-refractivity contribution in [3.8, 4) is 0 Å². The maximum atomic E-state index is 13.0. The molecule has 0 fully saturated rings. The van der Waals surface area contributed by atoms with Gasteiger partial charge >= 0.3 is 0 Å². The number of hydrogen-bond donors (Lipinski definition) is 2. The summed E-state index contributed by atoms with van der Waals surface area (Å²) in [6.45, 7) is 7.69. The third-order valence-corrected chi connectivity index (χ3v) is 8.41. The number of nitrogens with zero attached hydrogens (tertiary/aromatic N) is 4. The van der Waals surface area contributed by atoms with Crippen LogP contribution in [0.15, 0.2) is 141 Å². The summed E-state index contributed by atoms with van der Waals surface area (Å²) in [6.07, 6.45) is 3.43. The topological polar surface area (TPSA) is 89.4 Å². The van der Waals surface area contributed by atoms with Crippen molar-refractivity contribution in [2.75, 3.05) is 20.7 Å². The zero-order valence-electron chi connectivity index (χ0n) is 25.4. The van der Waals surface area contributed by atoms with Gasteiger partial charge in [-0.2, -0.15) is 20.2 Å². The van der Waals surface area contributed by atoms with Crippen LogP contribution in [0.25, 0.3) is 0 Å². The van der Waals surface area contributed by atoms with E-state index in [2.05, 4.69) is 20.8 Å². The first-order valence-corrected chi connectivity index (χ1v) is 15.3. The van der Waals surface area contributed by atoms with E-state index in [4.69, 9.17) is 0 Å². The quantitative estimate of drug-likeness (QED) is 0.198. The van der Waals surface area contributed by atoms with Gasteiger partial charge in [-0.3, -0.25) is 9.59 Å². The summed E-state index contributed by atoms with van der Waals surface area (Å²) < 4.78 is 0. The number of hydrogen-bond acceptors (Lipinski definition) is 7. The molecule has 2 heterocycles. The molecule has 2 N–H and O–H groups in total. The summed E-state index contributed by atoms with van der Waals surface area (Å²) >= 11 is 1.64. The fourth-order valence-corrected chi connectivity index (χ4v) is 5.59. The Morgan fingerprint density at radius 2 is 0.889 bits per heavy atom. The van der Waals surface area contributed by atoms with Crippen molar-refractivity contribution in [2.45, 2.75) is 37.5 Å². The fourth-order valence-electron chi connectivity index (χ4n) is 4.78. The molecule has 0 aromatic heterocycles. The summed E-state index contributed by atoms with van der Waals surface area (Å²) in [5, 5.41) is 18.2. The van der Waals surface area contributed by atoms with Crippen LogP contribution < -0.4 is 20.7 Å². The third-order valence-electron chi connectivity index (χ3n) is 7.39. The van der Waals surface area contributed by atoms with Crippen molar-refractivity contribution in [3.63, 3.8) is 0 Å². The Labute approximate surface area is 266 Å². The molecule has 0 bridgehead atoms. The monoisotopic (exact) mass is 612 g/mol. The first-order chi connectivity index (χ1) is 21.7. The van der Waals surface area contributed by atoms with Gasteiger partial charge in [0.1, 0.15) is 0 Å². The van der Waals surface area contributed by atoms with Gasteiger partial charge in [0.2, 0.25) is 0 Å². The van der Waals surface area contributed by atoms with E-state index in [0.29, 0.717) is 22.6 Å². The Morgan fingerprint density at radius 1 is 0.533 bits per heavy atom. The molecule has 0 unspecified atom stereocenters. The van der Waals surface area contributed by atoms with Crippen LogP contribution in [0.5, 0.6) is 0 Å². The second-order valence-electron chi connectivity index (χ2n) is 10.8. The first-order valence-electron chi connectivity index (χ1n) is 14.5. The lowest BCUT2D eigenvalue weighted by Crippen LogP contribution is -2.21. The summed E-state index contributed by atoms with van der Waals surface area (Å²) in [5.74, 6) is -0.319. The Bertz CT molecular complexity index is 1740. The molecule has 4 aromatic rings. The van der Waals surface area contributed by atoms with Gasteiger partial charge in [-0.05, 0) is 100 Å². The third kappa shape index (κ3) is 6.58. The van der Waals surface area contributed by atoms with Gasteiger partial charge in [0.25, 0.3) is 11.8 Å². The molecule has 8 nitrogen and oxygen atoms in total. The molecule has 0 aliphatic carbocycles. The lowest BCUT2D eigenvalue weighted by atomic mass is 10.2. The van der Waals surface area contributed by atoms with E-state index in [1.807, 2.05) is 125 Å². The maximum Gasteiger partial charge on any atom is 0.282 e. The molecule has 2 aliphatic heterocycles. The van der Waals surface area contributed by atoms with Crippen molar-refractivity contribution in [2.24, 2.45) is 10.2 Å². The molecule has 2 aliphatic rings. The molecular formula is C36H32N6O2S. The zero-order valence-corrected chi connectivity index (χ0v) is 26.2. The molecule has 6 rings (SSSR count). The summed E-state index contributed by atoms with van der Waals surface area (Å²) in [5.41, 5.74) is 7.87. The Kier molecular flexibility index (Phi) is 8.35. The SMILES string of the molecule is CC1=NN(c2ccc(C)cc2)C(=O)C1=CNc1ccc(Sc2ccc(NC=C3C(=O)N(c4ccc(C)cc4)N=C3C)cc2)cc1. The second kappa shape index (κ2) is 12.7. The number of benzene rings is 4. The van der Waals surface area contributed by atoms with E-state index in [9.17, 15) is 9.59 Å². The molecule has 0 saturated carbocycles. The minimum absolute atomic E-state index is 0.160. The minimum atomic E-state index is -0.160. The maximum absolute atomic E-state index is 13.0. The highest BCUT2D eigenvalue weighted by Crippen LogP contribution is 2.30. The number of carbonyl (C=O) groups is 2. The number of amides is 2.